The Balaban J connectivity index is 1.92. The van der Waals surface area contributed by atoms with E-state index >= 15 is 0 Å². The van der Waals surface area contributed by atoms with Gasteiger partial charge < -0.3 is 19.9 Å². The summed E-state index contributed by atoms with van der Waals surface area (Å²) in [4.78, 5) is 0. The maximum absolute atomic E-state index is 10.00. The first-order valence-electron chi connectivity index (χ1n) is 8.39. The third-order valence-electron chi connectivity index (χ3n) is 4.79. The first-order chi connectivity index (χ1) is 11.8. The van der Waals surface area contributed by atoms with E-state index in [-0.39, 0.29) is 18.6 Å². The van der Waals surface area contributed by atoms with Crippen molar-refractivity contribution in [1.29, 1.82) is 0 Å². The summed E-state index contributed by atoms with van der Waals surface area (Å²) in [7, 11) is 3.32. The molecule has 1 heterocycles. The maximum Gasteiger partial charge on any atom is 0.161 e. The lowest BCUT2D eigenvalue weighted by molar-refractivity contribution is 0.185. The molecule has 0 bridgehead atoms. The molecule has 0 aliphatic carbocycles. The lowest BCUT2D eigenvalue weighted by Gasteiger charge is -2.33. The number of rotatable bonds is 6. The molecule has 2 N–H and O–H groups in total. The largest absolute Gasteiger partial charge is 0.493 e. The fraction of sp³-hybridized carbons (Fsp3) is 0.400. The zero-order valence-corrected chi connectivity index (χ0v) is 14.3. The second-order valence-electron chi connectivity index (χ2n) is 6.22. The molecule has 1 aliphatic rings. The van der Waals surface area contributed by atoms with Crippen LogP contribution in [0.25, 0.3) is 0 Å². The average Bonchev–Trinajstić information content (AvgIpc) is 2.65. The highest BCUT2D eigenvalue weighted by Gasteiger charge is 2.29. The van der Waals surface area contributed by atoms with E-state index in [1.54, 1.807) is 14.2 Å². The summed E-state index contributed by atoms with van der Waals surface area (Å²) in [5.41, 5.74) is 3.71. The van der Waals surface area contributed by atoms with Crippen LogP contribution in [0.5, 0.6) is 11.5 Å². The SMILES string of the molecule is COc1cc2c(cc1OC)C(C(CO)Cc1ccccc1)NCC2. The van der Waals surface area contributed by atoms with Crippen LogP contribution in [-0.4, -0.2) is 32.5 Å². The fourth-order valence-electron chi connectivity index (χ4n) is 3.54. The third kappa shape index (κ3) is 3.40. The first kappa shape index (κ1) is 16.8. The van der Waals surface area contributed by atoms with Gasteiger partial charge in [-0.15, -0.1) is 0 Å². The van der Waals surface area contributed by atoms with Gasteiger partial charge in [-0.05, 0) is 48.2 Å². The van der Waals surface area contributed by atoms with Crippen LogP contribution in [0.2, 0.25) is 0 Å². The van der Waals surface area contributed by atoms with Crippen molar-refractivity contribution >= 4 is 0 Å². The Bertz CT molecular complexity index is 672. The number of hydrogen-bond acceptors (Lipinski definition) is 4. The molecule has 0 radical (unpaired) electrons. The zero-order chi connectivity index (χ0) is 16.9. The van der Waals surface area contributed by atoms with Crippen molar-refractivity contribution in [2.24, 2.45) is 5.92 Å². The molecular weight excluding hydrogens is 302 g/mol. The summed E-state index contributed by atoms with van der Waals surface area (Å²) < 4.78 is 10.9. The van der Waals surface area contributed by atoms with Gasteiger partial charge in [0.1, 0.15) is 0 Å². The summed E-state index contributed by atoms with van der Waals surface area (Å²) in [6, 6.07) is 14.6. The summed E-state index contributed by atoms with van der Waals surface area (Å²) in [6.45, 7) is 1.04. The van der Waals surface area contributed by atoms with Gasteiger partial charge in [0.05, 0.1) is 14.2 Å². The van der Waals surface area contributed by atoms with Gasteiger partial charge in [0.15, 0.2) is 11.5 Å². The third-order valence-corrected chi connectivity index (χ3v) is 4.79. The van der Waals surface area contributed by atoms with Gasteiger partial charge in [-0.1, -0.05) is 30.3 Å². The van der Waals surface area contributed by atoms with E-state index in [9.17, 15) is 5.11 Å². The lowest BCUT2D eigenvalue weighted by Crippen LogP contribution is -2.37. The van der Waals surface area contributed by atoms with Gasteiger partial charge in [-0.2, -0.15) is 0 Å². The Kier molecular flexibility index (Phi) is 5.38. The van der Waals surface area contributed by atoms with Gasteiger partial charge in [0.2, 0.25) is 0 Å². The smallest absolute Gasteiger partial charge is 0.161 e. The van der Waals surface area contributed by atoms with Crippen molar-refractivity contribution < 1.29 is 14.6 Å². The average molecular weight is 327 g/mol. The van der Waals surface area contributed by atoms with E-state index < -0.39 is 0 Å². The molecule has 1 aliphatic heterocycles. The molecule has 2 atom stereocenters. The molecule has 0 fully saturated rings. The molecule has 0 saturated heterocycles. The normalized spacial score (nSPS) is 17.9. The Morgan fingerprint density at radius 3 is 2.50 bits per heavy atom. The van der Waals surface area contributed by atoms with Crippen LogP contribution in [0.3, 0.4) is 0 Å². The fourth-order valence-corrected chi connectivity index (χ4v) is 3.54. The van der Waals surface area contributed by atoms with E-state index in [4.69, 9.17) is 9.47 Å². The summed E-state index contributed by atoms with van der Waals surface area (Å²) in [6.07, 6.45) is 1.79. The number of aliphatic hydroxyl groups excluding tert-OH is 1. The maximum atomic E-state index is 10.00. The quantitative estimate of drug-likeness (QED) is 0.856. The number of aliphatic hydroxyl groups is 1. The molecule has 24 heavy (non-hydrogen) atoms. The van der Waals surface area contributed by atoms with E-state index in [0.717, 1.165) is 30.9 Å². The zero-order valence-electron chi connectivity index (χ0n) is 14.3. The highest BCUT2D eigenvalue weighted by Crippen LogP contribution is 2.38. The molecule has 0 saturated carbocycles. The monoisotopic (exact) mass is 327 g/mol. The number of ether oxygens (including phenoxy) is 2. The second kappa shape index (κ2) is 7.69. The summed E-state index contributed by atoms with van der Waals surface area (Å²) in [5.74, 6) is 1.62. The molecule has 0 aromatic heterocycles. The standard InChI is InChI=1S/C20H25NO3/c1-23-18-11-15-8-9-21-20(17(15)12-19(18)24-2)16(13-22)10-14-6-4-3-5-7-14/h3-7,11-12,16,20-22H,8-10,13H2,1-2H3. The van der Waals surface area contributed by atoms with Crippen molar-refractivity contribution in [3.63, 3.8) is 0 Å². The molecular formula is C20H25NO3. The molecule has 2 aromatic rings. The van der Waals surface area contributed by atoms with Gasteiger partial charge >= 0.3 is 0 Å². The first-order valence-corrected chi connectivity index (χ1v) is 8.39. The van der Waals surface area contributed by atoms with E-state index in [1.807, 2.05) is 18.2 Å². The molecule has 2 aromatic carbocycles. The van der Waals surface area contributed by atoms with Crippen molar-refractivity contribution in [2.75, 3.05) is 27.4 Å². The Morgan fingerprint density at radius 1 is 1.12 bits per heavy atom. The van der Waals surface area contributed by atoms with Crippen molar-refractivity contribution in [2.45, 2.75) is 18.9 Å². The van der Waals surface area contributed by atoms with Crippen LogP contribution in [0.4, 0.5) is 0 Å². The topological polar surface area (TPSA) is 50.7 Å². The lowest BCUT2D eigenvalue weighted by atomic mass is 9.83. The summed E-state index contributed by atoms with van der Waals surface area (Å²) >= 11 is 0. The number of nitrogens with one attached hydrogen (secondary N) is 1. The van der Waals surface area contributed by atoms with E-state index in [0.29, 0.717) is 0 Å². The van der Waals surface area contributed by atoms with Gasteiger partial charge in [-0.3, -0.25) is 0 Å². The van der Waals surface area contributed by atoms with Crippen LogP contribution >= 0.6 is 0 Å². The minimum absolute atomic E-state index is 0.110. The molecule has 3 rings (SSSR count). The van der Waals surface area contributed by atoms with Crippen molar-refractivity contribution in [3.05, 3.63) is 59.2 Å². The van der Waals surface area contributed by atoms with E-state index in [1.165, 1.54) is 16.7 Å². The molecule has 0 spiro atoms. The number of methoxy groups -OCH3 is 2. The predicted octanol–water partition coefficient (Wildman–Crippen LogP) is 2.74. The van der Waals surface area contributed by atoms with Crippen LogP contribution in [-0.2, 0) is 12.8 Å². The Hall–Kier alpha value is -2.04. The minimum Gasteiger partial charge on any atom is -0.493 e. The number of hydrogen-bond donors (Lipinski definition) is 2. The van der Waals surface area contributed by atoms with Crippen molar-refractivity contribution in [1.82, 2.24) is 5.32 Å². The second-order valence-corrected chi connectivity index (χ2v) is 6.22. The molecule has 4 heteroatoms. The molecule has 0 amide bonds. The van der Waals surface area contributed by atoms with Crippen LogP contribution in [0.15, 0.2) is 42.5 Å². The van der Waals surface area contributed by atoms with Crippen LogP contribution in [0, 0.1) is 5.92 Å². The van der Waals surface area contributed by atoms with Crippen LogP contribution in [0.1, 0.15) is 22.7 Å². The van der Waals surface area contributed by atoms with Crippen molar-refractivity contribution in [3.8, 4) is 11.5 Å². The van der Waals surface area contributed by atoms with Gasteiger partial charge in [-0.25, -0.2) is 0 Å². The molecule has 4 nitrogen and oxygen atoms in total. The number of fused-ring (bicyclic) bond motifs is 1. The summed E-state index contributed by atoms with van der Waals surface area (Å²) in [5, 5.41) is 13.6. The highest BCUT2D eigenvalue weighted by molar-refractivity contribution is 5.49. The van der Waals surface area contributed by atoms with Gasteiger partial charge in [0, 0.05) is 18.6 Å². The van der Waals surface area contributed by atoms with E-state index in [2.05, 4.69) is 29.6 Å². The highest BCUT2D eigenvalue weighted by atomic mass is 16.5. The Morgan fingerprint density at radius 2 is 1.83 bits per heavy atom. The Labute approximate surface area is 143 Å². The molecule has 2 unspecified atom stereocenters. The minimum atomic E-state index is 0.110. The predicted molar refractivity (Wildman–Crippen MR) is 94.7 cm³/mol. The van der Waals surface area contributed by atoms with Crippen LogP contribution < -0.4 is 14.8 Å². The number of benzene rings is 2. The molecule has 128 valence electrons. The van der Waals surface area contributed by atoms with Gasteiger partial charge in [0.25, 0.3) is 0 Å².